The van der Waals surface area contributed by atoms with Crippen molar-refractivity contribution in [1.82, 2.24) is 0 Å². The molecule has 0 fully saturated rings. The van der Waals surface area contributed by atoms with Gasteiger partial charge < -0.3 is 4.74 Å². The van der Waals surface area contributed by atoms with Crippen molar-refractivity contribution in [1.29, 1.82) is 0 Å². The van der Waals surface area contributed by atoms with Gasteiger partial charge in [0.15, 0.2) is 0 Å². The van der Waals surface area contributed by atoms with E-state index in [-0.39, 0.29) is 23.7 Å². The fraction of sp³-hybridized carbons (Fsp3) is 0.200. The van der Waals surface area contributed by atoms with Crippen LogP contribution in [0, 0.1) is 0 Å². The summed E-state index contributed by atoms with van der Waals surface area (Å²) >= 11 is 0. The zero-order chi connectivity index (χ0) is 4.24. The van der Waals surface area contributed by atoms with Gasteiger partial charge in [0.1, 0.15) is 6.61 Å². The topological polar surface area (TPSA) is 9.23 Å². The summed E-state index contributed by atoms with van der Waals surface area (Å²) in [6, 6.07) is 0. The molecule has 1 aliphatic heterocycles. The second-order valence-corrected chi connectivity index (χ2v) is 1.09. The quantitative estimate of drug-likeness (QED) is 0.520. The van der Waals surface area contributed by atoms with E-state index in [2.05, 4.69) is 0 Å². The summed E-state index contributed by atoms with van der Waals surface area (Å²) in [5.74, 6) is 0. The van der Waals surface area contributed by atoms with Gasteiger partial charge in [-0.05, 0) is 12.2 Å². The van der Waals surface area contributed by atoms with Crippen LogP contribution in [0.4, 0.5) is 0 Å². The van der Waals surface area contributed by atoms with Crippen molar-refractivity contribution in [2.24, 2.45) is 0 Å². The first-order valence-corrected chi connectivity index (χ1v) is 1.93. The van der Waals surface area contributed by atoms with E-state index in [9.17, 15) is 0 Å². The SMILES string of the molecule is C1=CCOC=C1.[TeH2]. The van der Waals surface area contributed by atoms with E-state index in [1.54, 1.807) is 6.26 Å². The summed E-state index contributed by atoms with van der Waals surface area (Å²) in [6.07, 6.45) is 7.47. The van der Waals surface area contributed by atoms with Gasteiger partial charge in [-0.3, -0.25) is 0 Å². The predicted molar refractivity (Wildman–Crippen MR) is 32.8 cm³/mol. The zero-order valence-electron chi connectivity index (χ0n) is 3.92. The molecule has 0 aromatic heterocycles. The standard InChI is InChI=1S/C5H6O.H2Te/c1-2-4-6-5-3-1;/h1-4H,5H2;1H2. The Hall–Kier alpha value is 0.0696. The normalized spacial score (nSPS) is 14.9. The van der Waals surface area contributed by atoms with Gasteiger partial charge in [-0.1, -0.05) is 6.08 Å². The Morgan fingerprint density at radius 3 is 2.29 bits per heavy atom. The van der Waals surface area contributed by atoms with Crippen LogP contribution in [0.15, 0.2) is 24.5 Å². The van der Waals surface area contributed by atoms with E-state index in [1.165, 1.54) is 0 Å². The molecule has 40 valence electrons. The third-order valence-corrected chi connectivity index (χ3v) is 0.614. The van der Waals surface area contributed by atoms with Crippen molar-refractivity contribution in [2.75, 3.05) is 6.61 Å². The maximum atomic E-state index is 4.80. The summed E-state index contributed by atoms with van der Waals surface area (Å²) in [5, 5.41) is 0. The molecule has 0 aromatic rings. The molecule has 0 amide bonds. The maximum absolute atomic E-state index is 4.80. The van der Waals surface area contributed by atoms with E-state index in [1.807, 2.05) is 18.2 Å². The zero-order valence-corrected chi connectivity index (χ0v) is 6.78. The second kappa shape index (κ2) is 4.23. The molecule has 0 aromatic carbocycles. The molecule has 0 aliphatic carbocycles. The van der Waals surface area contributed by atoms with Crippen LogP contribution in [0.3, 0.4) is 0 Å². The van der Waals surface area contributed by atoms with Gasteiger partial charge in [-0.15, -0.1) is 0 Å². The van der Waals surface area contributed by atoms with Gasteiger partial charge in [0.2, 0.25) is 0 Å². The van der Waals surface area contributed by atoms with Gasteiger partial charge in [0.05, 0.1) is 6.26 Å². The summed E-state index contributed by atoms with van der Waals surface area (Å²) in [4.78, 5) is 0. The van der Waals surface area contributed by atoms with Crippen LogP contribution in [0.25, 0.3) is 0 Å². The average molecular weight is 212 g/mol. The first-order chi connectivity index (χ1) is 3.00. The minimum atomic E-state index is 0. The molecule has 1 aliphatic rings. The fourth-order valence-corrected chi connectivity index (χ4v) is 0.346. The molecular formula is C5H8OTe. The average Bonchev–Trinajstić information content (AvgIpc) is 1.72. The molecule has 1 nitrogen and oxygen atoms in total. The Morgan fingerprint density at radius 1 is 1.29 bits per heavy atom. The molecule has 0 radical (unpaired) electrons. The Kier molecular flexibility index (Phi) is 4.28. The molecule has 1 rings (SSSR count). The van der Waals surface area contributed by atoms with Crippen LogP contribution in [0.1, 0.15) is 0 Å². The number of rotatable bonds is 0. The number of hydrogen-bond donors (Lipinski definition) is 0. The van der Waals surface area contributed by atoms with E-state index in [0.29, 0.717) is 0 Å². The van der Waals surface area contributed by atoms with Crippen LogP contribution in [0.5, 0.6) is 0 Å². The van der Waals surface area contributed by atoms with Crippen molar-refractivity contribution in [3.63, 3.8) is 0 Å². The van der Waals surface area contributed by atoms with Gasteiger partial charge >= 0.3 is 23.7 Å². The monoisotopic (exact) mass is 214 g/mol. The molecule has 2 heteroatoms. The van der Waals surface area contributed by atoms with Gasteiger partial charge in [-0.2, -0.15) is 0 Å². The van der Waals surface area contributed by atoms with Gasteiger partial charge in [0.25, 0.3) is 0 Å². The number of allylic oxidation sites excluding steroid dienone is 2. The van der Waals surface area contributed by atoms with Crippen molar-refractivity contribution in [2.45, 2.75) is 0 Å². The van der Waals surface area contributed by atoms with E-state index >= 15 is 0 Å². The Bertz CT molecular complexity index is 74.1. The molecule has 0 saturated carbocycles. The summed E-state index contributed by atoms with van der Waals surface area (Å²) in [5.41, 5.74) is 0. The number of hydrogen-bond acceptors (Lipinski definition) is 1. The third kappa shape index (κ3) is 2.73. The first-order valence-electron chi connectivity index (χ1n) is 1.93. The van der Waals surface area contributed by atoms with Crippen LogP contribution >= 0.6 is 0 Å². The van der Waals surface area contributed by atoms with Crippen LogP contribution < -0.4 is 0 Å². The minimum absolute atomic E-state index is 0. The van der Waals surface area contributed by atoms with Crippen molar-refractivity contribution < 1.29 is 4.74 Å². The van der Waals surface area contributed by atoms with Crippen LogP contribution in [0.2, 0.25) is 0 Å². The Morgan fingerprint density at radius 2 is 2.14 bits per heavy atom. The van der Waals surface area contributed by atoms with Crippen LogP contribution in [-0.4, -0.2) is 30.3 Å². The van der Waals surface area contributed by atoms with E-state index in [0.717, 1.165) is 6.61 Å². The van der Waals surface area contributed by atoms with Crippen molar-refractivity contribution in [3.8, 4) is 0 Å². The predicted octanol–water partition coefficient (Wildman–Crippen LogP) is 0.170. The summed E-state index contributed by atoms with van der Waals surface area (Å²) in [7, 11) is 0. The van der Waals surface area contributed by atoms with E-state index < -0.39 is 0 Å². The second-order valence-electron chi connectivity index (χ2n) is 1.09. The summed E-state index contributed by atoms with van der Waals surface area (Å²) in [6.45, 7) is 0.733. The molecular weight excluding hydrogens is 204 g/mol. The molecule has 0 saturated heterocycles. The fourth-order valence-electron chi connectivity index (χ4n) is 0.346. The molecule has 0 bridgehead atoms. The molecule has 0 N–H and O–H groups in total. The molecule has 0 unspecified atom stereocenters. The van der Waals surface area contributed by atoms with Crippen molar-refractivity contribution >= 4 is 23.7 Å². The molecule has 0 spiro atoms. The Balaban J connectivity index is 0.000000360. The van der Waals surface area contributed by atoms with Gasteiger partial charge in [0, 0.05) is 0 Å². The molecule has 1 heterocycles. The Labute approximate surface area is 59.8 Å². The third-order valence-electron chi connectivity index (χ3n) is 0.614. The molecule has 7 heavy (non-hydrogen) atoms. The van der Waals surface area contributed by atoms with Gasteiger partial charge in [-0.25, -0.2) is 0 Å². The van der Waals surface area contributed by atoms with E-state index in [4.69, 9.17) is 4.74 Å². The summed E-state index contributed by atoms with van der Waals surface area (Å²) < 4.78 is 4.80. The van der Waals surface area contributed by atoms with Crippen molar-refractivity contribution in [3.05, 3.63) is 24.5 Å². The first kappa shape index (κ1) is 7.07. The molecule has 0 atom stereocenters. The number of ether oxygens (including phenoxy) is 1. The van der Waals surface area contributed by atoms with Crippen LogP contribution in [-0.2, 0) is 4.74 Å².